The third kappa shape index (κ3) is 5.15. The average Bonchev–Trinajstić information content (AvgIpc) is 3.03. The first-order chi connectivity index (χ1) is 10.2. The zero-order chi connectivity index (χ0) is 14.7. The van der Waals surface area contributed by atoms with Gasteiger partial charge in [0.15, 0.2) is 0 Å². The van der Waals surface area contributed by atoms with E-state index in [4.69, 9.17) is 11.6 Å². The fourth-order valence-electron chi connectivity index (χ4n) is 3.13. The molecule has 0 bridgehead atoms. The average molecular weight is 381 g/mol. The zero-order valence-corrected chi connectivity index (χ0v) is 15.4. The van der Waals surface area contributed by atoms with Crippen molar-refractivity contribution in [2.24, 2.45) is 5.92 Å². The van der Waals surface area contributed by atoms with Gasteiger partial charge in [-0.2, -0.15) is 0 Å². The molecule has 3 rings (SSSR count). The van der Waals surface area contributed by atoms with Gasteiger partial charge in [-0.15, -0.1) is 24.8 Å². The van der Waals surface area contributed by atoms with Crippen LogP contribution in [0.5, 0.6) is 0 Å². The maximum atomic E-state index is 12.3. The van der Waals surface area contributed by atoms with Crippen molar-refractivity contribution in [1.29, 1.82) is 0 Å². The van der Waals surface area contributed by atoms with Gasteiger partial charge >= 0.3 is 0 Å². The number of benzene rings is 1. The molecule has 2 aliphatic heterocycles. The lowest BCUT2D eigenvalue weighted by atomic mass is 10.1. The number of carbonyl (C=O) groups is 1. The van der Waals surface area contributed by atoms with Crippen molar-refractivity contribution in [2.45, 2.75) is 25.7 Å². The highest BCUT2D eigenvalue weighted by molar-refractivity contribution is 6.31. The summed E-state index contributed by atoms with van der Waals surface area (Å²) in [6.07, 6.45) is 4.62. The van der Waals surface area contributed by atoms with Crippen molar-refractivity contribution in [3.63, 3.8) is 0 Å². The molecule has 2 saturated heterocycles. The normalized spacial score (nSPS) is 20.4. The van der Waals surface area contributed by atoms with E-state index in [1.54, 1.807) is 0 Å². The molecule has 2 aliphatic rings. The second-order valence-corrected chi connectivity index (χ2v) is 6.32. The maximum Gasteiger partial charge on any atom is 0.228 e. The quantitative estimate of drug-likeness (QED) is 0.840. The molecule has 2 heterocycles. The summed E-state index contributed by atoms with van der Waals surface area (Å²) in [5.41, 5.74) is 1.94. The standard InChI is InChI=1S/C16H22ClN3O.2ClH/c17-13-4-5-15(20-8-2-1-3-9-20)14(10-13)19-16(21)12-6-7-18-11-12;;/h4-5,10,12,18H,1-3,6-9,11H2,(H,19,21);2*1H. The zero-order valence-electron chi connectivity index (χ0n) is 13.0. The highest BCUT2D eigenvalue weighted by atomic mass is 35.5. The van der Waals surface area contributed by atoms with Gasteiger partial charge in [0.2, 0.25) is 5.91 Å². The Hall–Kier alpha value is -0.680. The number of rotatable bonds is 3. The van der Waals surface area contributed by atoms with E-state index < -0.39 is 0 Å². The summed E-state index contributed by atoms with van der Waals surface area (Å²) in [4.78, 5) is 14.7. The van der Waals surface area contributed by atoms with Crippen molar-refractivity contribution in [2.75, 3.05) is 36.4 Å². The van der Waals surface area contributed by atoms with E-state index in [-0.39, 0.29) is 36.6 Å². The summed E-state index contributed by atoms with van der Waals surface area (Å²) < 4.78 is 0. The van der Waals surface area contributed by atoms with Crippen LogP contribution in [0, 0.1) is 5.92 Å². The number of hydrogen-bond acceptors (Lipinski definition) is 3. The third-order valence-corrected chi connectivity index (χ3v) is 4.58. The van der Waals surface area contributed by atoms with Gasteiger partial charge in [-0.1, -0.05) is 11.6 Å². The fraction of sp³-hybridized carbons (Fsp3) is 0.562. The van der Waals surface area contributed by atoms with Gasteiger partial charge in [0.25, 0.3) is 0 Å². The van der Waals surface area contributed by atoms with E-state index in [9.17, 15) is 4.79 Å². The van der Waals surface area contributed by atoms with Crippen molar-refractivity contribution in [3.05, 3.63) is 23.2 Å². The molecule has 2 fully saturated rings. The first-order valence-corrected chi connectivity index (χ1v) is 8.18. The van der Waals surface area contributed by atoms with Crippen molar-refractivity contribution >= 4 is 53.7 Å². The SMILES string of the molecule is Cl.Cl.O=C(Nc1cc(Cl)ccc1N1CCCCC1)C1CCNC1. The van der Waals surface area contributed by atoms with Gasteiger partial charge in [0, 0.05) is 24.7 Å². The Balaban J connectivity index is 0.00000132. The van der Waals surface area contributed by atoms with Gasteiger partial charge in [0.1, 0.15) is 0 Å². The minimum absolute atomic E-state index is 0. The van der Waals surface area contributed by atoms with Crippen LogP contribution in [0.15, 0.2) is 18.2 Å². The molecule has 23 heavy (non-hydrogen) atoms. The van der Waals surface area contributed by atoms with Crippen LogP contribution in [0.2, 0.25) is 5.02 Å². The molecule has 0 aliphatic carbocycles. The second kappa shape index (κ2) is 9.58. The summed E-state index contributed by atoms with van der Waals surface area (Å²) >= 11 is 6.12. The van der Waals surface area contributed by atoms with E-state index in [1.807, 2.05) is 18.2 Å². The lowest BCUT2D eigenvalue weighted by Gasteiger charge is -2.30. The molecule has 0 spiro atoms. The molecule has 130 valence electrons. The molecular weight excluding hydrogens is 357 g/mol. The number of nitrogens with zero attached hydrogens (tertiary/aromatic N) is 1. The van der Waals surface area contributed by atoms with E-state index in [1.165, 1.54) is 19.3 Å². The molecule has 1 amide bonds. The topological polar surface area (TPSA) is 44.4 Å². The van der Waals surface area contributed by atoms with E-state index in [0.29, 0.717) is 5.02 Å². The molecule has 0 radical (unpaired) electrons. The lowest BCUT2D eigenvalue weighted by Crippen LogP contribution is -2.31. The fourth-order valence-corrected chi connectivity index (χ4v) is 3.30. The molecule has 1 aromatic rings. The predicted octanol–water partition coefficient (Wildman–Crippen LogP) is 3.72. The molecule has 0 saturated carbocycles. The molecular formula is C16H24Cl3N3O. The molecule has 4 nitrogen and oxygen atoms in total. The molecule has 1 unspecified atom stereocenters. The van der Waals surface area contributed by atoms with Gasteiger partial charge < -0.3 is 15.5 Å². The van der Waals surface area contributed by atoms with Crippen LogP contribution in [0.1, 0.15) is 25.7 Å². The first kappa shape index (κ1) is 20.4. The van der Waals surface area contributed by atoms with Crippen molar-refractivity contribution < 1.29 is 4.79 Å². The largest absolute Gasteiger partial charge is 0.370 e. The monoisotopic (exact) mass is 379 g/mol. The number of halogens is 3. The smallest absolute Gasteiger partial charge is 0.228 e. The van der Waals surface area contributed by atoms with Gasteiger partial charge in [0.05, 0.1) is 17.3 Å². The van der Waals surface area contributed by atoms with Crippen molar-refractivity contribution in [1.82, 2.24) is 5.32 Å². The Bertz CT molecular complexity index is 515. The molecule has 7 heteroatoms. The Morgan fingerprint density at radius 2 is 1.96 bits per heavy atom. The number of carbonyl (C=O) groups excluding carboxylic acids is 1. The summed E-state index contributed by atoms with van der Waals surface area (Å²) in [7, 11) is 0. The summed E-state index contributed by atoms with van der Waals surface area (Å²) in [5, 5.41) is 6.98. The minimum atomic E-state index is 0. The summed E-state index contributed by atoms with van der Waals surface area (Å²) in [6, 6.07) is 5.79. The van der Waals surface area contributed by atoms with Crippen LogP contribution in [0.3, 0.4) is 0 Å². The molecule has 1 aromatic carbocycles. The van der Waals surface area contributed by atoms with E-state index in [0.717, 1.165) is 44.0 Å². The second-order valence-electron chi connectivity index (χ2n) is 5.89. The first-order valence-electron chi connectivity index (χ1n) is 7.80. The van der Waals surface area contributed by atoms with E-state index >= 15 is 0 Å². The Morgan fingerprint density at radius 3 is 2.61 bits per heavy atom. The summed E-state index contributed by atoms with van der Waals surface area (Å²) in [5.74, 6) is 0.165. The lowest BCUT2D eigenvalue weighted by molar-refractivity contribution is -0.119. The summed E-state index contributed by atoms with van der Waals surface area (Å²) in [6.45, 7) is 3.79. The van der Waals surface area contributed by atoms with Crippen LogP contribution in [0.4, 0.5) is 11.4 Å². The van der Waals surface area contributed by atoms with Gasteiger partial charge in [-0.05, 0) is 50.4 Å². The van der Waals surface area contributed by atoms with Gasteiger partial charge in [-0.3, -0.25) is 4.79 Å². The maximum absolute atomic E-state index is 12.3. The van der Waals surface area contributed by atoms with Crippen LogP contribution in [-0.2, 0) is 4.79 Å². The Kier molecular flexibility index (Phi) is 8.48. The van der Waals surface area contributed by atoms with Gasteiger partial charge in [-0.25, -0.2) is 0 Å². The van der Waals surface area contributed by atoms with Crippen LogP contribution in [0.25, 0.3) is 0 Å². The Morgan fingerprint density at radius 1 is 1.22 bits per heavy atom. The molecule has 0 aromatic heterocycles. The van der Waals surface area contributed by atoms with Crippen LogP contribution in [-0.4, -0.2) is 32.1 Å². The predicted molar refractivity (Wildman–Crippen MR) is 102 cm³/mol. The molecule has 1 atom stereocenters. The number of amides is 1. The molecule has 2 N–H and O–H groups in total. The highest BCUT2D eigenvalue weighted by Gasteiger charge is 2.24. The number of nitrogens with one attached hydrogen (secondary N) is 2. The number of anilines is 2. The Labute approximate surface area is 155 Å². The third-order valence-electron chi connectivity index (χ3n) is 4.34. The van der Waals surface area contributed by atoms with Crippen molar-refractivity contribution in [3.8, 4) is 0 Å². The minimum Gasteiger partial charge on any atom is -0.370 e. The highest BCUT2D eigenvalue weighted by Crippen LogP contribution is 2.31. The number of piperidine rings is 1. The van der Waals surface area contributed by atoms with Crippen LogP contribution >= 0.6 is 36.4 Å². The van der Waals surface area contributed by atoms with E-state index in [2.05, 4.69) is 15.5 Å². The van der Waals surface area contributed by atoms with Crippen LogP contribution < -0.4 is 15.5 Å². The number of hydrogen-bond donors (Lipinski definition) is 2.